The molecule has 0 saturated carbocycles. The lowest BCUT2D eigenvalue weighted by atomic mass is 10.0. The molecular formula is C22H19F2N7O. The molecule has 4 aromatic rings. The van der Waals surface area contributed by atoms with Crippen molar-refractivity contribution in [3.8, 4) is 11.1 Å². The van der Waals surface area contributed by atoms with E-state index in [1.807, 2.05) is 21.7 Å². The van der Waals surface area contributed by atoms with Crippen molar-refractivity contribution in [3.63, 3.8) is 0 Å². The number of aromatic nitrogens is 5. The number of primary amides is 1. The SMILES string of the molecule is NC(=O)c1ccc(-c2ccc3c(c2)nnn3C2CCN(c3ncc(F)cn3)CC2)c(F)c1. The van der Waals surface area contributed by atoms with Gasteiger partial charge in [0.15, 0.2) is 5.82 Å². The van der Waals surface area contributed by atoms with E-state index in [0.717, 1.165) is 24.4 Å². The Morgan fingerprint density at radius 2 is 1.78 bits per heavy atom. The molecule has 10 heteroatoms. The maximum atomic E-state index is 14.5. The molecule has 8 nitrogen and oxygen atoms in total. The minimum atomic E-state index is -0.675. The summed E-state index contributed by atoms with van der Waals surface area (Å²) in [4.78, 5) is 21.4. The molecule has 3 heterocycles. The Hall–Kier alpha value is -3.95. The van der Waals surface area contributed by atoms with Crippen molar-refractivity contribution in [3.05, 3.63) is 66.0 Å². The third-order valence-corrected chi connectivity index (χ3v) is 5.74. The number of hydrogen-bond acceptors (Lipinski definition) is 6. The Bertz CT molecular complexity index is 1300. The van der Waals surface area contributed by atoms with Gasteiger partial charge in [0.1, 0.15) is 11.3 Å². The van der Waals surface area contributed by atoms with Crippen LogP contribution >= 0.6 is 0 Å². The van der Waals surface area contributed by atoms with Crippen LogP contribution in [0.1, 0.15) is 29.2 Å². The molecule has 0 aliphatic carbocycles. The fourth-order valence-electron chi connectivity index (χ4n) is 4.06. The highest BCUT2D eigenvalue weighted by molar-refractivity contribution is 5.93. The van der Waals surface area contributed by atoms with E-state index in [-0.39, 0.29) is 11.6 Å². The number of halogens is 2. The van der Waals surface area contributed by atoms with E-state index in [2.05, 4.69) is 20.3 Å². The van der Waals surface area contributed by atoms with E-state index in [9.17, 15) is 13.6 Å². The molecule has 0 spiro atoms. The maximum absolute atomic E-state index is 14.5. The van der Waals surface area contributed by atoms with Crippen LogP contribution in [0.2, 0.25) is 0 Å². The van der Waals surface area contributed by atoms with E-state index in [1.165, 1.54) is 24.5 Å². The highest BCUT2D eigenvalue weighted by Gasteiger charge is 2.24. The summed E-state index contributed by atoms with van der Waals surface area (Å²) in [5, 5.41) is 8.61. The van der Waals surface area contributed by atoms with Gasteiger partial charge in [0.2, 0.25) is 11.9 Å². The summed E-state index contributed by atoms with van der Waals surface area (Å²) in [6.07, 6.45) is 3.96. The zero-order valence-corrected chi connectivity index (χ0v) is 16.9. The number of carbonyl (C=O) groups excluding carboxylic acids is 1. The van der Waals surface area contributed by atoms with Gasteiger partial charge in [-0.1, -0.05) is 17.3 Å². The molecule has 1 amide bonds. The number of benzene rings is 2. The number of piperidine rings is 1. The van der Waals surface area contributed by atoms with E-state index >= 15 is 0 Å². The van der Waals surface area contributed by atoms with E-state index in [0.29, 0.717) is 35.7 Å². The third-order valence-electron chi connectivity index (χ3n) is 5.74. The highest BCUT2D eigenvalue weighted by Crippen LogP contribution is 2.30. The van der Waals surface area contributed by atoms with Crippen LogP contribution in [-0.2, 0) is 0 Å². The van der Waals surface area contributed by atoms with Gasteiger partial charge >= 0.3 is 0 Å². The summed E-state index contributed by atoms with van der Waals surface area (Å²) >= 11 is 0. The van der Waals surface area contributed by atoms with Gasteiger partial charge in [0.25, 0.3) is 0 Å². The van der Waals surface area contributed by atoms with Crippen molar-refractivity contribution in [2.24, 2.45) is 5.73 Å². The zero-order valence-electron chi connectivity index (χ0n) is 16.9. The number of hydrogen-bond donors (Lipinski definition) is 1. The molecule has 0 radical (unpaired) electrons. The second-order valence-corrected chi connectivity index (χ2v) is 7.72. The third kappa shape index (κ3) is 3.64. The Morgan fingerprint density at radius 1 is 1.03 bits per heavy atom. The summed E-state index contributed by atoms with van der Waals surface area (Å²) in [5.74, 6) is -1.14. The van der Waals surface area contributed by atoms with Crippen molar-refractivity contribution in [2.75, 3.05) is 18.0 Å². The first-order valence-electron chi connectivity index (χ1n) is 10.2. The van der Waals surface area contributed by atoms with E-state index in [4.69, 9.17) is 5.73 Å². The first-order valence-corrected chi connectivity index (χ1v) is 10.2. The zero-order chi connectivity index (χ0) is 22.2. The van der Waals surface area contributed by atoms with Crippen molar-refractivity contribution in [2.45, 2.75) is 18.9 Å². The number of carbonyl (C=O) groups is 1. The number of amides is 1. The summed E-state index contributed by atoms with van der Waals surface area (Å²) in [5.41, 5.74) is 7.85. The summed E-state index contributed by atoms with van der Waals surface area (Å²) in [6.45, 7) is 1.43. The summed E-state index contributed by atoms with van der Waals surface area (Å²) in [7, 11) is 0. The van der Waals surface area contributed by atoms with Gasteiger partial charge in [-0.25, -0.2) is 23.4 Å². The predicted molar refractivity (Wildman–Crippen MR) is 114 cm³/mol. The molecule has 1 aliphatic rings. The van der Waals surface area contributed by atoms with Crippen LogP contribution in [0, 0.1) is 11.6 Å². The van der Waals surface area contributed by atoms with Crippen LogP contribution in [-0.4, -0.2) is 44.0 Å². The lowest BCUT2D eigenvalue weighted by Gasteiger charge is -2.31. The number of anilines is 1. The van der Waals surface area contributed by atoms with E-state index < -0.39 is 17.5 Å². The second kappa shape index (κ2) is 7.95. The second-order valence-electron chi connectivity index (χ2n) is 7.72. The molecule has 1 fully saturated rings. The number of nitrogens with two attached hydrogens (primary N) is 1. The van der Waals surface area contributed by atoms with Crippen LogP contribution in [0.3, 0.4) is 0 Å². The number of nitrogens with zero attached hydrogens (tertiary/aromatic N) is 6. The molecule has 162 valence electrons. The molecule has 5 rings (SSSR count). The van der Waals surface area contributed by atoms with Gasteiger partial charge in [-0.3, -0.25) is 4.79 Å². The smallest absolute Gasteiger partial charge is 0.248 e. The van der Waals surface area contributed by atoms with E-state index in [1.54, 1.807) is 6.07 Å². The van der Waals surface area contributed by atoms with Gasteiger partial charge in [-0.15, -0.1) is 5.10 Å². The Morgan fingerprint density at radius 3 is 2.47 bits per heavy atom. The molecule has 0 bridgehead atoms. The average molecular weight is 435 g/mol. The quantitative estimate of drug-likeness (QED) is 0.528. The lowest BCUT2D eigenvalue weighted by molar-refractivity contribution is 0.1000. The molecule has 2 N–H and O–H groups in total. The number of fused-ring (bicyclic) bond motifs is 1. The standard InChI is InChI=1S/C22H19F2N7O/c23-15-11-26-22(27-12-15)30-7-5-16(6-8-30)31-20-4-2-13(10-19(20)28-29-31)17-3-1-14(21(25)32)9-18(17)24/h1-4,9-12,16H,5-8H2,(H2,25,32). The van der Waals surface area contributed by atoms with Crippen molar-refractivity contribution in [1.82, 2.24) is 25.0 Å². The molecule has 0 unspecified atom stereocenters. The van der Waals surface area contributed by atoms with Crippen molar-refractivity contribution in [1.29, 1.82) is 0 Å². The summed E-state index contributed by atoms with van der Waals surface area (Å²) in [6, 6.07) is 9.79. The fraction of sp³-hybridized carbons (Fsp3) is 0.227. The maximum Gasteiger partial charge on any atom is 0.248 e. The van der Waals surface area contributed by atoms with Crippen LogP contribution in [0.25, 0.3) is 22.2 Å². The molecule has 32 heavy (non-hydrogen) atoms. The first-order chi connectivity index (χ1) is 15.5. The predicted octanol–water partition coefficient (Wildman–Crippen LogP) is 3.11. The minimum Gasteiger partial charge on any atom is -0.366 e. The monoisotopic (exact) mass is 435 g/mol. The fourth-order valence-corrected chi connectivity index (χ4v) is 4.06. The summed E-state index contributed by atoms with van der Waals surface area (Å²) < 4.78 is 29.5. The average Bonchev–Trinajstić information content (AvgIpc) is 3.23. The topological polar surface area (TPSA) is 103 Å². The molecule has 2 aromatic heterocycles. The van der Waals surface area contributed by atoms with Crippen LogP contribution in [0.5, 0.6) is 0 Å². The molecule has 2 aromatic carbocycles. The number of rotatable bonds is 4. The van der Waals surface area contributed by atoms with Gasteiger partial charge in [-0.05, 0) is 42.7 Å². The lowest BCUT2D eigenvalue weighted by Crippen LogP contribution is -2.36. The Labute approximate surface area is 181 Å². The molecule has 0 atom stereocenters. The molecular weight excluding hydrogens is 416 g/mol. The van der Waals surface area contributed by atoms with Crippen LogP contribution in [0.15, 0.2) is 48.8 Å². The van der Waals surface area contributed by atoms with Gasteiger partial charge in [0, 0.05) is 24.2 Å². The normalized spacial score (nSPS) is 14.8. The van der Waals surface area contributed by atoms with Gasteiger partial charge < -0.3 is 10.6 Å². The first kappa shape index (κ1) is 20.0. The Kier molecular flexibility index (Phi) is 4.96. The molecule has 1 saturated heterocycles. The molecule has 1 aliphatic heterocycles. The van der Waals surface area contributed by atoms with Crippen LogP contribution in [0.4, 0.5) is 14.7 Å². The van der Waals surface area contributed by atoms with Gasteiger partial charge in [0.05, 0.1) is 24.0 Å². The highest BCUT2D eigenvalue weighted by atomic mass is 19.1. The largest absolute Gasteiger partial charge is 0.366 e. The van der Waals surface area contributed by atoms with Crippen LogP contribution < -0.4 is 10.6 Å². The Balaban J connectivity index is 1.36. The minimum absolute atomic E-state index is 0.121. The van der Waals surface area contributed by atoms with Gasteiger partial charge in [-0.2, -0.15) is 0 Å². The van der Waals surface area contributed by atoms with Crippen molar-refractivity contribution < 1.29 is 13.6 Å². The van der Waals surface area contributed by atoms with Crippen molar-refractivity contribution >= 4 is 22.9 Å².